The Labute approximate surface area is 134 Å². The maximum Gasteiger partial charge on any atom is 0.227 e. The van der Waals surface area contributed by atoms with Gasteiger partial charge in [-0.2, -0.15) is 0 Å². The van der Waals surface area contributed by atoms with E-state index in [0.29, 0.717) is 22.6 Å². The molecule has 2 aromatic rings. The van der Waals surface area contributed by atoms with Crippen molar-refractivity contribution in [2.45, 2.75) is 0 Å². The predicted molar refractivity (Wildman–Crippen MR) is 87.4 cm³/mol. The lowest BCUT2D eigenvalue weighted by Crippen LogP contribution is -2.45. The lowest BCUT2D eigenvalue weighted by Gasteiger charge is -2.32. The van der Waals surface area contributed by atoms with Gasteiger partial charge < -0.3 is 19.3 Å². The number of methoxy groups -OCH3 is 2. The zero-order valence-electron chi connectivity index (χ0n) is 13.0. The number of benzene rings is 1. The first-order valence-corrected chi connectivity index (χ1v) is 7.53. The van der Waals surface area contributed by atoms with Crippen molar-refractivity contribution in [3.8, 4) is 11.5 Å². The molecule has 7 heteroatoms. The van der Waals surface area contributed by atoms with Gasteiger partial charge in [-0.05, 0) is 13.1 Å². The fourth-order valence-electron chi connectivity index (χ4n) is 2.55. The Bertz CT molecular complexity index is 687. The van der Waals surface area contributed by atoms with Crippen LogP contribution >= 0.6 is 11.6 Å². The first-order chi connectivity index (χ1) is 10.6. The molecule has 0 spiro atoms. The molecule has 0 radical (unpaired) electrons. The van der Waals surface area contributed by atoms with Gasteiger partial charge in [0.25, 0.3) is 0 Å². The molecule has 1 saturated heterocycles. The van der Waals surface area contributed by atoms with Gasteiger partial charge in [0.05, 0.1) is 19.7 Å². The molecular weight excluding hydrogens is 304 g/mol. The number of rotatable bonds is 3. The maximum absolute atomic E-state index is 6.35. The Kier molecular flexibility index (Phi) is 4.22. The molecule has 118 valence electrons. The van der Waals surface area contributed by atoms with Crippen LogP contribution < -0.4 is 14.4 Å². The van der Waals surface area contributed by atoms with E-state index in [1.54, 1.807) is 14.2 Å². The smallest absolute Gasteiger partial charge is 0.227 e. The topological polar surface area (TPSA) is 50.7 Å². The number of aromatic nitrogens is 2. The van der Waals surface area contributed by atoms with Crippen molar-refractivity contribution in [3.63, 3.8) is 0 Å². The maximum atomic E-state index is 6.35. The summed E-state index contributed by atoms with van der Waals surface area (Å²) in [5.74, 6) is 1.92. The van der Waals surface area contributed by atoms with E-state index in [1.165, 1.54) is 0 Å². The molecular formula is C15H19ClN4O2. The van der Waals surface area contributed by atoms with Gasteiger partial charge in [0.2, 0.25) is 5.95 Å². The van der Waals surface area contributed by atoms with Crippen LogP contribution in [0.5, 0.6) is 11.5 Å². The molecule has 0 atom stereocenters. The molecule has 6 nitrogen and oxygen atoms in total. The molecule has 1 aromatic carbocycles. The van der Waals surface area contributed by atoms with Crippen molar-refractivity contribution >= 4 is 28.5 Å². The fourth-order valence-corrected chi connectivity index (χ4v) is 2.78. The molecule has 1 aliphatic rings. The second-order valence-electron chi connectivity index (χ2n) is 5.33. The van der Waals surface area contributed by atoms with Crippen molar-refractivity contribution in [2.24, 2.45) is 0 Å². The molecule has 0 amide bonds. The number of piperazine rings is 1. The molecule has 1 aliphatic heterocycles. The van der Waals surface area contributed by atoms with Crippen molar-refractivity contribution < 1.29 is 9.47 Å². The van der Waals surface area contributed by atoms with Crippen LogP contribution in [0.4, 0.5) is 5.95 Å². The van der Waals surface area contributed by atoms with E-state index in [4.69, 9.17) is 21.1 Å². The number of likely N-dealkylation sites (N-methyl/N-ethyl adjacent to an activating group) is 1. The van der Waals surface area contributed by atoms with Crippen LogP contribution in [-0.2, 0) is 0 Å². The number of ether oxygens (including phenoxy) is 2. The van der Waals surface area contributed by atoms with E-state index in [-0.39, 0.29) is 0 Å². The van der Waals surface area contributed by atoms with Gasteiger partial charge in [-0.15, -0.1) is 0 Å². The summed E-state index contributed by atoms with van der Waals surface area (Å²) >= 11 is 6.35. The highest BCUT2D eigenvalue weighted by Crippen LogP contribution is 2.34. The van der Waals surface area contributed by atoms with E-state index < -0.39 is 0 Å². The van der Waals surface area contributed by atoms with Gasteiger partial charge in [0.15, 0.2) is 11.5 Å². The molecule has 0 bridgehead atoms. The Hall–Kier alpha value is -1.79. The summed E-state index contributed by atoms with van der Waals surface area (Å²) in [6, 6.07) is 3.64. The summed E-state index contributed by atoms with van der Waals surface area (Å²) in [6.45, 7) is 3.77. The van der Waals surface area contributed by atoms with E-state index in [2.05, 4.69) is 26.8 Å². The highest BCUT2D eigenvalue weighted by molar-refractivity contribution is 6.34. The summed E-state index contributed by atoms with van der Waals surface area (Å²) in [5, 5.41) is 1.19. The lowest BCUT2D eigenvalue weighted by molar-refractivity contribution is 0.311. The molecule has 0 unspecified atom stereocenters. The Morgan fingerprint density at radius 1 is 1.00 bits per heavy atom. The van der Waals surface area contributed by atoms with Gasteiger partial charge in [-0.1, -0.05) is 11.6 Å². The van der Waals surface area contributed by atoms with Gasteiger partial charge >= 0.3 is 0 Å². The molecule has 3 rings (SSSR count). The third-order valence-electron chi connectivity index (χ3n) is 3.93. The van der Waals surface area contributed by atoms with Crippen LogP contribution in [0.2, 0.25) is 5.15 Å². The Morgan fingerprint density at radius 2 is 1.64 bits per heavy atom. The molecule has 1 aromatic heterocycles. The average Bonchev–Trinajstić information content (AvgIpc) is 2.54. The van der Waals surface area contributed by atoms with Gasteiger partial charge in [0.1, 0.15) is 5.15 Å². The van der Waals surface area contributed by atoms with Crippen molar-refractivity contribution in [1.82, 2.24) is 14.9 Å². The van der Waals surface area contributed by atoms with Crippen LogP contribution in [0.3, 0.4) is 0 Å². The van der Waals surface area contributed by atoms with E-state index in [1.807, 2.05) is 12.1 Å². The van der Waals surface area contributed by atoms with E-state index >= 15 is 0 Å². The first-order valence-electron chi connectivity index (χ1n) is 7.15. The SMILES string of the molecule is COc1cc2nc(N3CCN(C)CC3)nc(Cl)c2cc1OC. The van der Waals surface area contributed by atoms with Crippen LogP contribution in [0.1, 0.15) is 0 Å². The lowest BCUT2D eigenvalue weighted by atomic mass is 10.2. The predicted octanol–water partition coefficient (Wildman–Crippen LogP) is 2.05. The van der Waals surface area contributed by atoms with Crippen LogP contribution in [0.15, 0.2) is 12.1 Å². The summed E-state index contributed by atoms with van der Waals surface area (Å²) in [4.78, 5) is 13.5. The van der Waals surface area contributed by atoms with Crippen LogP contribution in [-0.4, -0.2) is 62.3 Å². The minimum Gasteiger partial charge on any atom is -0.493 e. The second kappa shape index (κ2) is 6.14. The number of nitrogens with zero attached hydrogens (tertiary/aromatic N) is 4. The minimum absolute atomic E-state index is 0.430. The monoisotopic (exact) mass is 322 g/mol. The summed E-state index contributed by atoms with van der Waals surface area (Å²) in [5.41, 5.74) is 0.756. The summed E-state index contributed by atoms with van der Waals surface area (Å²) in [7, 11) is 5.31. The van der Waals surface area contributed by atoms with Crippen LogP contribution in [0, 0.1) is 0 Å². The van der Waals surface area contributed by atoms with Crippen LogP contribution in [0.25, 0.3) is 10.9 Å². The third kappa shape index (κ3) is 2.76. The first kappa shape index (κ1) is 15.1. The molecule has 1 fully saturated rings. The van der Waals surface area contributed by atoms with Gasteiger partial charge in [-0.25, -0.2) is 9.97 Å². The highest BCUT2D eigenvalue weighted by atomic mass is 35.5. The van der Waals surface area contributed by atoms with Gasteiger partial charge in [-0.3, -0.25) is 0 Å². The fraction of sp³-hybridized carbons (Fsp3) is 0.467. The third-order valence-corrected chi connectivity index (χ3v) is 4.22. The zero-order chi connectivity index (χ0) is 15.7. The number of halogens is 1. The summed E-state index contributed by atoms with van der Waals surface area (Å²) < 4.78 is 10.6. The van der Waals surface area contributed by atoms with Crippen molar-refractivity contribution in [1.29, 1.82) is 0 Å². The Morgan fingerprint density at radius 3 is 2.27 bits per heavy atom. The minimum atomic E-state index is 0.430. The molecule has 2 heterocycles. The number of anilines is 1. The standard InChI is InChI=1S/C15H19ClN4O2/c1-19-4-6-20(7-5-19)15-17-11-9-13(22-3)12(21-2)8-10(11)14(16)18-15/h8-9H,4-7H2,1-3H3. The summed E-state index contributed by atoms with van der Waals surface area (Å²) in [6.07, 6.45) is 0. The molecule has 0 N–H and O–H groups in total. The molecule has 22 heavy (non-hydrogen) atoms. The zero-order valence-corrected chi connectivity index (χ0v) is 13.7. The van der Waals surface area contributed by atoms with Gasteiger partial charge in [0, 0.05) is 37.6 Å². The van der Waals surface area contributed by atoms with Crippen molar-refractivity contribution in [3.05, 3.63) is 17.3 Å². The quantitative estimate of drug-likeness (QED) is 0.806. The molecule has 0 aliphatic carbocycles. The second-order valence-corrected chi connectivity index (χ2v) is 5.69. The number of hydrogen-bond acceptors (Lipinski definition) is 6. The Balaban J connectivity index is 2.03. The van der Waals surface area contributed by atoms with E-state index in [0.717, 1.165) is 37.1 Å². The molecule has 0 saturated carbocycles. The number of fused-ring (bicyclic) bond motifs is 1. The largest absolute Gasteiger partial charge is 0.493 e. The normalized spacial score (nSPS) is 16.1. The number of hydrogen-bond donors (Lipinski definition) is 0. The highest BCUT2D eigenvalue weighted by Gasteiger charge is 2.19. The van der Waals surface area contributed by atoms with E-state index in [9.17, 15) is 0 Å². The van der Waals surface area contributed by atoms with Crippen molar-refractivity contribution in [2.75, 3.05) is 52.3 Å². The average molecular weight is 323 g/mol.